The standard InChI is InChI=1S/C14H23N3O2.ClH/c1-4-19-13(18)9-17-11(3)14(10(2)16-17)12-5-7-15-8-6-12;/h12,15H,4-9H2,1-3H3;1H. The average Bonchev–Trinajstić information content (AvgIpc) is 2.66. The first-order valence-corrected chi connectivity index (χ1v) is 7.03. The molecular weight excluding hydrogens is 278 g/mol. The summed E-state index contributed by atoms with van der Waals surface area (Å²) in [7, 11) is 0. The van der Waals surface area contributed by atoms with Gasteiger partial charge < -0.3 is 10.1 Å². The smallest absolute Gasteiger partial charge is 0.327 e. The number of ether oxygens (including phenoxy) is 1. The third-order valence-corrected chi connectivity index (χ3v) is 3.77. The molecule has 2 heterocycles. The highest BCUT2D eigenvalue weighted by atomic mass is 35.5. The number of aromatic nitrogens is 2. The van der Waals surface area contributed by atoms with E-state index in [-0.39, 0.29) is 24.9 Å². The lowest BCUT2D eigenvalue weighted by Crippen LogP contribution is -2.27. The molecule has 0 aliphatic carbocycles. The SMILES string of the molecule is CCOC(=O)Cn1nc(C)c(C2CCNCC2)c1C.Cl. The highest BCUT2D eigenvalue weighted by molar-refractivity contribution is 5.85. The second-order valence-corrected chi connectivity index (χ2v) is 5.07. The van der Waals surface area contributed by atoms with E-state index in [1.54, 1.807) is 4.68 Å². The van der Waals surface area contributed by atoms with Gasteiger partial charge in [-0.15, -0.1) is 12.4 Å². The summed E-state index contributed by atoms with van der Waals surface area (Å²) in [6.45, 7) is 8.66. The van der Waals surface area contributed by atoms with Gasteiger partial charge in [-0.2, -0.15) is 5.10 Å². The first-order chi connectivity index (χ1) is 9.13. The van der Waals surface area contributed by atoms with Crippen molar-refractivity contribution in [3.8, 4) is 0 Å². The summed E-state index contributed by atoms with van der Waals surface area (Å²) in [6.07, 6.45) is 2.29. The van der Waals surface area contributed by atoms with Gasteiger partial charge in [0.15, 0.2) is 0 Å². The second kappa shape index (κ2) is 7.64. The Morgan fingerprint density at radius 2 is 2.05 bits per heavy atom. The number of rotatable bonds is 4. The fraction of sp³-hybridized carbons (Fsp3) is 0.714. The van der Waals surface area contributed by atoms with Crippen LogP contribution >= 0.6 is 12.4 Å². The number of carbonyl (C=O) groups is 1. The van der Waals surface area contributed by atoms with Crippen molar-refractivity contribution in [2.24, 2.45) is 0 Å². The summed E-state index contributed by atoms with van der Waals surface area (Å²) >= 11 is 0. The Labute approximate surface area is 126 Å². The van der Waals surface area contributed by atoms with Gasteiger partial charge in [0, 0.05) is 5.69 Å². The van der Waals surface area contributed by atoms with Crippen LogP contribution < -0.4 is 5.32 Å². The monoisotopic (exact) mass is 301 g/mol. The van der Waals surface area contributed by atoms with Crippen LogP contribution in [0.5, 0.6) is 0 Å². The molecule has 20 heavy (non-hydrogen) atoms. The van der Waals surface area contributed by atoms with Crippen LogP contribution in [0.15, 0.2) is 0 Å². The number of hydrogen-bond donors (Lipinski definition) is 1. The molecule has 1 N–H and O–H groups in total. The van der Waals surface area contributed by atoms with E-state index >= 15 is 0 Å². The first-order valence-electron chi connectivity index (χ1n) is 7.03. The van der Waals surface area contributed by atoms with Gasteiger partial charge in [-0.3, -0.25) is 9.48 Å². The molecule has 0 unspecified atom stereocenters. The maximum atomic E-state index is 11.6. The number of esters is 1. The summed E-state index contributed by atoms with van der Waals surface area (Å²) in [5.41, 5.74) is 3.48. The Kier molecular flexibility index (Phi) is 6.49. The Balaban J connectivity index is 0.00000200. The summed E-state index contributed by atoms with van der Waals surface area (Å²) < 4.78 is 6.77. The molecule has 0 spiro atoms. The minimum Gasteiger partial charge on any atom is -0.465 e. The van der Waals surface area contributed by atoms with Gasteiger partial charge in [-0.25, -0.2) is 0 Å². The summed E-state index contributed by atoms with van der Waals surface area (Å²) in [4.78, 5) is 11.6. The van der Waals surface area contributed by atoms with Gasteiger partial charge in [0.25, 0.3) is 0 Å². The second-order valence-electron chi connectivity index (χ2n) is 5.07. The molecule has 0 aromatic carbocycles. The van der Waals surface area contributed by atoms with Crippen molar-refractivity contribution in [3.05, 3.63) is 17.0 Å². The maximum absolute atomic E-state index is 11.6. The zero-order valence-electron chi connectivity index (χ0n) is 12.4. The number of hydrogen-bond acceptors (Lipinski definition) is 4. The van der Waals surface area contributed by atoms with Gasteiger partial charge in [0.2, 0.25) is 0 Å². The van der Waals surface area contributed by atoms with E-state index in [1.165, 1.54) is 5.56 Å². The van der Waals surface area contributed by atoms with Crippen molar-refractivity contribution in [3.63, 3.8) is 0 Å². The molecule has 5 nitrogen and oxygen atoms in total. The molecule has 2 rings (SSSR count). The van der Waals surface area contributed by atoms with Crippen molar-refractivity contribution in [2.45, 2.75) is 46.1 Å². The summed E-state index contributed by atoms with van der Waals surface area (Å²) in [5, 5.41) is 7.88. The van der Waals surface area contributed by atoms with Crippen LogP contribution in [0.3, 0.4) is 0 Å². The van der Waals surface area contributed by atoms with Crippen LogP contribution in [-0.2, 0) is 16.1 Å². The minimum atomic E-state index is -0.218. The van der Waals surface area contributed by atoms with Crippen LogP contribution in [0.4, 0.5) is 0 Å². The molecule has 0 saturated carbocycles. The largest absolute Gasteiger partial charge is 0.465 e. The lowest BCUT2D eigenvalue weighted by Gasteiger charge is -2.23. The number of aryl methyl sites for hydroxylation is 1. The highest BCUT2D eigenvalue weighted by Crippen LogP contribution is 2.30. The lowest BCUT2D eigenvalue weighted by atomic mass is 9.89. The van der Waals surface area contributed by atoms with Crippen molar-refractivity contribution in [1.29, 1.82) is 0 Å². The molecule has 1 aromatic heterocycles. The molecule has 0 radical (unpaired) electrons. The van der Waals surface area contributed by atoms with Crippen LogP contribution in [0.25, 0.3) is 0 Å². The van der Waals surface area contributed by atoms with E-state index in [2.05, 4.69) is 17.3 Å². The molecule has 114 valence electrons. The van der Waals surface area contributed by atoms with Gasteiger partial charge in [-0.1, -0.05) is 0 Å². The molecule has 1 aliphatic rings. The van der Waals surface area contributed by atoms with Crippen molar-refractivity contribution < 1.29 is 9.53 Å². The Bertz CT molecular complexity index is 454. The predicted molar refractivity (Wildman–Crippen MR) is 80.4 cm³/mol. The third kappa shape index (κ3) is 3.73. The average molecular weight is 302 g/mol. The van der Waals surface area contributed by atoms with Gasteiger partial charge in [0.1, 0.15) is 6.54 Å². The number of nitrogens with zero attached hydrogens (tertiary/aromatic N) is 2. The van der Waals surface area contributed by atoms with Gasteiger partial charge in [-0.05, 0) is 58.2 Å². The van der Waals surface area contributed by atoms with Gasteiger partial charge in [0.05, 0.1) is 12.3 Å². The molecular formula is C14H24ClN3O2. The van der Waals surface area contributed by atoms with E-state index in [9.17, 15) is 4.79 Å². The maximum Gasteiger partial charge on any atom is 0.327 e. The Morgan fingerprint density at radius 1 is 1.40 bits per heavy atom. The lowest BCUT2D eigenvalue weighted by molar-refractivity contribution is -0.144. The van der Waals surface area contributed by atoms with Crippen LogP contribution in [0.2, 0.25) is 0 Å². The van der Waals surface area contributed by atoms with E-state index in [0.717, 1.165) is 37.3 Å². The number of carbonyl (C=O) groups excluding carboxylic acids is 1. The minimum absolute atomic E-state index is 0. The molecule has 0 amide bonds. The van der Waals surface area contributed by atoms with Gasteiger partial charge >= 0.3 is 5.97 Å². The molecule has 6 heteroatoms. The molecule has 1 aliphatic heterocycles. The van der Waals surface area contributed by atoms with Crippen LogP contribution in [-0.4, -0.2) is 35.4 Å². The predicted octanol–water partition coefficient (Wildman–Crippen LogP) is 1.95. The molecule has 0 bridgehead atoms. The van der Waals surface area contributed by atoms with Crippen molar-refractivity contribution in [2.75, 3.05) is 19.7 Å². The quantitative estimate of drug-likeness (QED) is 0.864. The summed E-state index contributed by atoms with van der Waals surface area (Å²) in [5.74, 6) is 0.349. The zero-order chi connectivity index (χ0) is 13.8. The normalized spacial score (nSPS) is 15.8. The number of piperidine rings is 1. The number of nitrogens with one attached hydrogen (secondary N) is 1. The molecule has 0 atom stereocenters. The van der Waals surface area contributed by atoms with Crippen LogP contribution in [0.1, 0.15) is 42.6 Å². The number of halogens is 1. The van der Waals surface area contributed by atoms with Crippen molar-refractivity contribution in [1.82, 2.24) is 15.1 Å². The molecule has 1 aromatic rings. The molecule has 1 fully saturated rings. The summed E-state index contributed by atoms with van der Waals surface area (Å²) in [6, 6.07) is 0. The van der Waals surface area contributed by atoms with E-state index in [4.69, 9.17) is 4.74 Å². The fourth-order valence-electron chi connectivity index (χ4n) is 2.90. The Hall–Kier alpha value is -1.07. The van der Waals surface area contributed by atoms with E-state index in [0.29, 0.717) is 12.5 Å². The first kappa shape index (κ1) is 17.0. The van der Waals surface area contributed by atoms with E-state index < -0.39 is 0 Å². The highest BCUT2D eigenvalue weighted by Gasteiger charge is 2.23. The molecule has 1 saturated heterocycles. The van der Waals surface area contributed by atoms with E-state index in [1.807, 2.05) is 13.8 Å². The topological polar surface area (TPSA) is 56.2 Å². The van der Waals surface area contributed by atoms with Crippen LogP contribution in [0, 0.1) is 13.8 Å². The third-order valence-electron chi connectivity index (χ3n) is 3.77. The fourth-order valence-corrected chi connectivity index (χ4v) is 2.90. The van der Waals surface area contributed by atoms with Crippen molar-refractivity contribution >= 4 is 18.4 Å². The zero-order valence-corrected chi connectivity index (χ0v) is 13.3. The Morgan fingerprint density at radius 3 is 2.65 bits per heavy atom.